The highest BCUT2D eigenvalue weighted by Gasteiger charge is 2.23. The van der Waals surface area contributed by atoms with E-state index in [4.69, 9.17) is 11.6 Å². The molecule has 3 rings (SSSR count). The molecule has 29 heavy (non-hydrogen) atoms. The number of benzene rings is 2. The van der Waals surface area contributed by atoms with E-state index in [1.807, 2.05) is 54.3 Å². The van der Waals surface area contributed by atoms with Crippen molar-refractivity contribution >= 4 is 40.9 Å². The van der Waals surface area contributed by atoms with Crippen molar-refractivity contribution in [2.45, 2.75) is 49.2 Å². The van der Waals surface area contributed by atoms with Gasteiger partial charge in [0.1, 0.15) is 0 Å². The Labute approximate surface area is 182 Å². The van der Waals surface area contributed by atoms with Gasteiger partial charge in [0.25, 0.3) is 5.91 Å². The van der Waals surface area contributed by atoms with Gasteiger partial charge in [-0.1, -0.05) is 43.5 Å². The van der Waals surface area contributed by atoms with Gasteiger partial charge in [-0.05, 0) is 55.7 Å². The van der Waals surface area contributed by atoms with E-state index in [-0.39, 0.29) is 17.1 Å². The Hall–Kier alpha value is -1.98. The van der Waals surface area contributed by atoms with Crippen molar-refractivity contribution in [3.63, 3.8) is 0 Å². The molecular formula is C23H27ClN2O2S. The van der Waals surface area contributed by atoms with Crippen LogP contribution in [0.5, 0.6) is 0 Å². The van der Waals surface area contributed by atoms with Crippen molar-refractivity contribution < 1.29 is 9.59 Å². The van der Waals surface area contributed by atoms with Crippen LogP contribution in [0.15, 0.2) is 53.4 Å². The van der Waals surface area contributed by atoms with E-state index in [1.165, 1.54) is 24.6 Å². The molecule has 0 bridgehead atoms. The summed E-state index contributed by atoms with van der Waals surface area (Å²) in [6, 6.07) is 14.8. The highest BCUT2D eigenvalue weighted by atomic mass is 35.5. The fraction of sp³-hybridized carbons (Fsp3) is 0.391. The first-order chi connectivity index (χ1) is 14.1. The highest BCUT2D eigenvalue weighted by molar-refractivity contribution is 8.00. The summed E-state index contributed by atoms with van der Waals surface area (Å²) < 4.78 is 0. The van der Waals surface area contributed by atoms with E-state index < -0.39 is 0 Å². The summed E-state index contributed by atoms with van der Waals surface area (Å²) in [6.45, 7) is 3.55. The molecule has 1 saturated heterocycles. The van der Waals surface area contributed by atoms with Gasteiger partial charge in [0.05, 0.1) is 16.5 Å². The first-order valence-electron chi connectivity index (χ1n) is 10.2. The van der Waals surface area contributed by atoms with Gasteiger partial charge in [0.2, 0.25) is 5.91 Å². The summed E-state index contributed by atoms with van der Waals surface area (Å²) >= 11 is 7.45. The third kappa shape index (κ3) is 6.00. The van der Waals surface area contributed by atoms with Crippen LogP contribution in [-0.4, -0.2) is 35.1 Å². The van der Waals surface area contributed by atoms with Gasteiger partial charge in [-0.15, -0.1) is 11.8 Å². The number of likely N-dealkylation sites (tertiary alicyclic amines) is 1. The molecule has 1 N–H and O–H groups in total. The summed E-state index contributed by atoms with van der Waals surface area (Å²) in [5, 5.41) is 3.42. The molecule has 1 unspecified atom stereocenters. The zero-order chi connectivity index (χ0) is 20.6. The number of carbonyl (C=O) groups is 2. The van der Waals surface area contributed by atoms with Crippen molar-refractivity contribution in [1.29, 1.82) is 0 Å². The number of hydrogen-bond donors (Lipinski definition) is 1. The van der Waals surface area contributed by atoms with Gasteiger partial charge in [-0.25, -0.2) is 0 Å². The number of thioether (sulfide) groups is 1. The summed E-state index contributed by atoms with van der Waals surface area (Å²) in [5.41, 5.74) is 1.15. The minimum atomic E-state index is -0.252. The second kappa shape index (κ2) is 10.7. The predicted octanol–water partition coefficient (Wildman–Crippen LogP) is 5.87. The van der Waals surface area contributed by atoms with Crippen LogP contribution in [0.4, 0.5) is 5.69 Å². The molecule has 2 amide bonds. The molecule has 1 fully saturated rings. The van der Waals surface area contributed by atoms with Crippen molar-refractivity contribution in [2.24, 2.45) is 0 Å². The lowest BCUT2D eigenvalue weighted by atomic mass is 10.1. The van der Waals surface area contributed by atoms with Crippen LogP contribution in [-0.2, 0) is 4.79 Å². The zero-order valence-electron chi connectivity index (χ0n) is 16.7. The fourth-order valence-electron chi connectivity index (χ4n) is 3.44. The second-order valence-electron chi connectivity index (χ2n) is 7.21. The van der Waals surface area contributed by atoms with Gasteiger partial charge in [-0.3, -0.25) is 9.59 Å². The number of anilines is 1. The van der Waals surface area contributed by atoms with Crippen LogP contribution < -0.4 is 5.32 Å². The summed E-state index contributed by atoms with van der Waals surface area (Å²) in [6.07, 6.45) is 5.09. The van der Waals surface area contributed by atoms with Crippen LogP contribution in [0, 0.1) is 0 Å². The third-order valence-corrected chi connectivity index (χ3v) is 6.69. The molecule has 6 heteroatoms. The molecule has 154 valence electrons. The van der Waals surface area contributed by atoms with Crippen molar-refractivity contribution in [2.75, 3.05) is 18.4 Å². The van der Waals surface area contributed by atoms with Crippen molar-refractivity contribution in [1.82, 2.24) is 4.90 Å². The SMILES string of the molecule is CCC(Sc1ccc(Cl)cc1)C(=O)Nc1ccccc1C(=O)N1CCCCCC1. The molecule has 0 radical (unpaired) electrons. The van der Waals surface area contributed by atoms with Crippen LogP contribution in [0.3, 0.4) is 0 Å². The molecule has 2 aromatic rings. The Kier molecular flexibility index (Phi) is 8.01. The Morgan fingerprint density at radius 1 is 1.03 bits per heavy atom. The maximum atomic E-state index is 13.1. The molecule has 0 aliphatic carbocycles. The van der Waals surface area contributed by atoms with E-state index in [1.54, 1.807) is 6.07 Å². The van der Waals surface area contributed by atoms with E-state index in [0.29, 0.717) is 22.7 Å². The third-order valence-electron chi connectivity index (χ3n) is 5.06. The van der Waals surface area contributed by atoms with Gasteiger partial charge < -0.3 is 10.2 Å². The van der Waals surface area contributed by atoms with Crippen molar-refractivity contribution in [3.8, 4) is 0 Å². The summed E-state index contributed by atoms with van der Waals surface area (Å²) in [4.78, 5) is 28.9. The normalized spacial score (nSPS) is 15.4. The fourth-order valence-corrected chi connectivity index (χ4v) is 4.52. The smallest absolute Gasteiger partial charge is 0.255 e. The topological polar surface area (TPSA) is 49.4 Å². The van der Waals surface area contributed by atoms with E-state index in [0.717, 1.165) is 30.8 Å². The molecule has 1 aliphatic heterocycles. The van der Waals surface area contributed by atoms with E-state index in [2.05, 4.69) is 5.32 Å². The lowest BCUT2D eigenvalue weighted by Gasteiger charge is -2.22. The minimum Gasteiger partial charge on any atom is -0.339 e. The largest absolute Gasteiger partial charge is 0.339 e. The van der Waals surface area contributed by atoms with Gasteiger partial charge in [0, 0.05) is 23.0 Å². The summed E-state index contributed by atoms with van der Waals surface area (Å²) in [7, 11) is 0. The molecule has 4 nitrogen and oxygen atoms in total. The molecular weight excluding hydrogens is 404 g/mol. The molecule has 1 atom stereocenters. The van der Waals surface area contributed by atoms with Gasteiger partial charge >= 0.3 is 0 Å². The number of rotatable bonds is 6. The zero-order valence-corrected chi connectivity index (χ0v) is 18.3. The number of para-hydroxylation sites is 1. The van der Waals surface area contributed by atoms with Crippen LogP contribution >= 0.6 is 23.4 Å². The number of amides is 2. The Morgan fingerprint density at radius 3 is 2.34 bits per heavy atom. The summed E-state index contributed by atoms with van der Waals surface area (Å²) in [5.74, 6) is -0.0928. The number of nitrogens with one attached hydrogen (secondary N) is 1. The standard InChI is InChI=1S/C23H27ClN2O2S/c1-2-21(29-18-13-11-17(24)12-14-18)22(27)25-20-10-6-5-9-19(20)23(28)26-15-7-3-4-8-16-26/h5-6,9-14,21H,2-4,7-8,15-16H2,1H3,(H,25,27). The predicted molar refractivity (Wildman–Crippen MR) is 121 cm³/mol. The Balaban J connectivity index is 1.72. The van der Waals surface area contributed by atoms with Crippen LogP contribution in [0.25, 0.3) is 0 Å². The molecule has 1 aliphatic rings. The van der Waals surface area contributed by atoms with Crippen LogP contribution in [0.2, 0.25) is 5.02 Å². The van der Waals surface area contributed by atoms with Crippen molar-refractivity contribution in [3.05, 3.63) is 59.1 Å². The average molecular weight is 431 g/mol. The van der Waals surface area contributed by atoms with Crippen LogP contribution in [0.1, 0.15) is 49.4 Å². The number of halogens is 1. The lowest BCUT2D eigenvalue weighted by Crippen LogP contribution is -2.33. The monoisotopic (exact) mass is 430 g/mol. The lowest BCUT2D eigenvalue weighted by molar-refractivity contribution is -0.115. The Bertz CT molecular complexity index is 833. The average Bonchev–Trinajstić information content (AvgIpc) is 3.03. The number of carbonyl (C=O) groups excluding carboxylic acids is 2. The molecule has 2 aromatic carbocycles. The molecule has 1 heterocycles. The molecule has 0 saturated carbocycles. The number of hydrogen-bond acceptors (Lipinski definition) is 3. The first kappa shape index (κ1) is 21.7. The van der Waals surface area contributed by atoms with E-state index >= 15 is 0 Å². The molecule has 0 aromatic heterocycles. The quantitative estimate of drug-likeness (QED) is 0.583. The van der Waals surface area contributed by atoms with E-state index in [9.17, 15) is 9.59 Å². The van der Waals surface area contributed by atoms with Gasteiger partial charge in [0.15, 0.2) is 0 Å². The van der Waals surface area contributed by atoms with Gasteiger partial charge in [-0.2, -0.15) is 0 Å². The highest BCUT2D eigenvalue weighted by Crippen LogP contribution is 2.28. The first-order valence-corrected chi connectivity index (χ1v) is 11.5. The Morgan fingerprint density at radius 2 is 1.69 bits per heavy atom. The maximum Gasteiger partial charge on any atom is 0.255 e. The number of nitrogens with zero attached hydrogens (tertiary/aromatic N) is 1. The molecule has 0 spiro atoms. The minimum absolute atomic E-state index is 0.00111. The second-order valence-corrected chi connectivity index (χ2v) is 8.92. The maximum absolute atomic E-state index is 13.1.